The Morgan fingerprint density at radius 1 is 0.947 bits per heavy atom. The number of carbonyl (C=O) groups is 1. The fraction of sp³-hybridized carbons (Fsp3) is 0.143. The van der Waals surface area contributed by atoms with Gasteiger partial charge in [-0.2, -0.15) is 5.10 Å². The molecule has 0 fully saturated rings. The first-order valence-electron chi connectivity index (χ1n) is 12.1. The van der Waals surface area contributed by atoms with Crippen LogP contribution in [0.25, 0.3) is 56.1 Å². The molecular formula is C28H23FN8O. The highest BCUT2D eigenvalue weighted by Gasteiger charge is 2.18. The average molecular weight is 507 g/mol. The molecule has 1 amide bonds. The third kappa shape index (κ3) is 4.26. The molecular weight excluding hydrogens is 483 g/mol. The van der Waals surface area contributed by atoms with Gasteiger partial charge in [0.05, 0.1) is 34.3 Å². The summed E-state index contributed by atoms with van der Waals surface area (Å²) >= 11 is 0. The Bertz CT molecular complexity index is 1820. The predicted octanol–water partition coefficient (Wildman–Crippen LogP) is 5.67. The molecule has 0 unspecified atom stereocenters. The van der Waals surface area contributed by atoms with E-state index >= 15 is 0 Å². The monoisotopic (exact) mass is 506 g/mol. The van der Waals surface area contributed by atoms with Crippen molar-refractivity contribution in [3.05, 3.63) is 72.4 Å². The molecule has 0 saturated carbocycles. The van der Waals surface area contributed by atoms with Gasteiger partial charge in [0.15, 0.2) is 11.5 Å². The Kier molecular flexibility index (Phi) is 5.64. The summed E-state index contributed by atoms with van der Waals surface area (Å²) < 4.78 is 14.1. The van der Waals surface area contributed by atoms with Crippen molar-refractivity contribution >= 4 is 33.7 Å². The highest BCUT2D eigenvalue weighted by molar-refractivity contribution is 5.95. The maximum absolute atomic E-state index is 14.1. The lowest BCUT2D eigenvalue weighted by Gasteiger charge is -2.08. The van der Waals surface area contributed by atoms with Gasteiger partial charge in [-0.05, 0) is 55.0 Å². The largest absolute Gasteiger partial charge is 0.336 e. The van der Waals surface area contributed by atoms with Crippen LogP contribution in [0, 0.1) is 18.7 Å². The standard InChI is InChI=1S/C28H23FN8O/c1-14(2)28(38)32-19-11-17(12-30-13-19)20-4-5-22-25(33-20)26(37-36-22)27-34-21-6-7-31-23(24(21)35-27)16-8-15(3)9-18(29)10-16/h4-14H,1-3H3,(H,32,38)(H,34,35)(H,36,37). The molecule has 10 heteroatoms. The number of nitrogens with zero attached hydrogens (tertiary/aromatic N) is 5. The van der Waals surface area contributed by atoms with Gasteiger partial charge in [-0.1, -0.05) is 13.8 Å². The zero-order chi connectivity index (χ0) is 26.4. The summed E-state index contributed by atoms with van der Waals surface area (Å²) in [6.07, 6.45) is 4.96. The van der Waals surface area contributed by atoms with Crippen molar-refractivity contribution < 1.29 is 9.18 Å². The number of H-pyrrole nitrogens is 2. The lowest BCUT2D eigenvalue weighted by Crippen LogP contribution is -2.17. The van der Waals surface area contributed by atoms with Crippen molar-refractivity contribution in [3.63, 3.8) is 0 Å². The molecule has 6 aromatic rings. The first-order chi connectivity index (χ1) is 18.4. The Morgan fingerprint density at radius 2 is 1.79 bits per heavy atom. The number of benzene rings is 1. The minimum Gasteiger partial charge on any atom is -0.336 e. The topological polar surface area (TPSA) is 125 Å². The molecule has 38 heavy (non-hydrogen) atoms. The van der Waals surface area contributed by atoms with Crippen LogP contribution < -0.4 is 5.32 Å². The number of rotatable bonds is 5. The molecule has 5 aromatic heterocycles. The second kappa shape index (κ2) is 9.15. The zero-order valence-corrected chi connectivity index (χ0v) is 20.9. The molecule has 0 aliphatic rings. The fourth-order valence-corrected chi connectivity index (χ4v) is 4.29. The van der Waals surface area contributed by atoms with Crippen molar-refractivity contribution in [3.8, 4) is 34.0 Å². The smallest absolute Gasteiger partial charge is 0.226 e. The molecule has 9 nitrogen and oxygen atoms in total. The van der Waals surface area contributed by atoms with E-state index in [0.29, 0.717) is 45.2 Å². The fourth-order valence-electron chi connectivity index (χ4n) is 4.29. The van der Waals surface area contributed by atoms with Crippen molar-refractivity contribution in [2.24, 2.45) is 5.92 Å². The van der Waals surface area contributed by atoms with Crippen LogP contribution in [0.15, 0.2) is 61.1 Å². The molecule has 5 heterocycles. The van der Waals surface area contributed by atoms with Crippen LogP contribution in [0.5, 0.6) is 0 Å². The van der Waals surface area contributed by atoms with E-state index in [1.165, 1.54) is 12.1 Å². The second-order valence-corrected chi connectivity index (χ2v) is 9.43. The molecule has 0 saturated heterocycles. The average Bonchev–Trinajstić information content (AvgIpc) is 3.51. The molecule has 0 bridgehead atoms. The Hall–Kier alpha value is -4.99. The van der Waals surface area contributed by atoms with Crippen LogP contribution in [0.4, 0.5) is 10.1 Å². The number of anilines is 1. The first-order valence-corrected chi connectivity index (χ1v) is 12.1. The summed E-state index contributed by atoms with van der Waals surface area (Å²) in [6.45, 7) is 5.50. The van der Waals surface area contributed by atoms with Crippen LogP contribution in [0.1, 0.15) is 19.4 Å². The number of imidazole rings is 1. The number of pyridine rings is 3. The number of amides is 1. The highest BCUT2D eigenvalue weighted by atomic mass is 19.1. The Morgan fingerprint density at radius 3 is 2.61 bits per heavy atom. The third-order valence-electron chi connectivity index (χ3n) is 6.17. The number of aryl methyl sites for hydroxylation is 1. The molecule has 0 aliphatic carbocycles. The number of hydrogen-bond acceptors (Lipinski definition) is 6. The lowest BCUT2D eigenvalue weighted by atomic mass is 10.1. The molecule has 0 atom stereocenters. The maximum atomic E-state index is 14.1. The first kappa shape index (κ1) is 23.4. The van der Waals surface area contributed by atoms with Crippen LogP contribution in [-0.4, -0.2) is 41.0 Å². The molecule has 6 rings (SSSR count). The van der Waals surface area contributed by atoms with Gasteiger partial charge in [-0.15, -0.1) is 0 Å². The number of nitrogens with one attached hydrogen (secondary N) is 3. The molecule has 1 aromatic carbocycles. The normalized spacial score (nSPS) is 11.5. The van der Waals surface area contributed by atoms with Crippen LogP contribution in [0.2, 0.25) is 0 Å². The van der Waals surface area contributed by atoms with Crippen molar-refractivity contribution in [1.29, 1.82) is 0 Å². The van der Waals surface area contributed by atoms with Gasteiger partial charge in [0, 0.05) is 29.4 Å². The number of halogens is 1. The third-order valence-corrected chi connectivity index (χ3v) is 6.17. The van der Waals surface area contributed by atoms with Gasteiger partial charge in [-0.3, -0.25) is 19.9 Å². The van der Waals surface area contributed by atoms with Gasteiger partial charge in [-0.25, -0.2) is 14.4 Å². The SMILES string of the molecule is Cc1cc(F)cc(-c2nccc3[nH]c(-c4n[nH]c5ccc(-c6cncc(NC(=O)C(C)C)c6)nc45)nc23)c1. The van der Waals surface area contributed by atoms with Crippen molar-refractivity contribution in [2.75, 3.05) is 5.32 Å². The number of carbonyl (C=O) groups excluding carboxylic acids is 1. The minimum absolute atomic E-state index is 0.0865. The van der Waals surface area contributed by atoms with E-state index in [-0.39, 0.29) is 17.6 Å². The van der Waals surface area contributed by atoms with E-state index in [9.17, 15) is 9.18 Å². The summed E-state index contributed by atoms with van der Waals surface area (Å²) in [7, 11) is 0. The summed E-state index contributed by atoms with van der Waals surface area (Å²) in [6, 6.07) is 12.2. The minimum atomic E-state index is -0.327. The van der Waals surface area contributed by atoms with Crippen molar-refractivity contribution in [1.82, 2.24) is 35.1 Å². The van der Waals surface area contributed by atoms with Gasteiger partial charge in [0.1, 0.15) is 16.9 Å². The molecule has 0 aliphatic heterocycles. The number of hydrogen-bond donors (Lipinski definition) is 3. The zero-order valence-electron chi connectivity index (χ0n) is 20.9. The number of fused-ring (bicyclic) bond motifs is 2. The summed E-state index contributed by atoms with van der Waals surface area (Å²) in [5.74, 6) is -0.0519. The van der Waals surface area contributed by atoms with Crippen molar-refractivity contribution in [2.45, 2.75) is 20.8 Å². The number of aromatic nitrogens is 7. The van der Waals surface area contributed by atoms with Gasteiger partial charge in [0.25, 0.3) is 0 Å². The molecule has 0 radical (unpaired) electrons. The predicted molar refractivity (Wildman–Crippen MR) is 144 cm³/mol. The summed E-state index contributed by atoms with van der Waals surface area (Å²) in [5, 5.41) is 10.3. The molecule has 3 N–H and O–H groups in total. The van der Waals surface area contributed by atoms with Gasteiger partial charge < -0.3 is 10.3 Å². The Labute approximate surface area is 216 Å². The molecule has 0 spiro atoms. The van der Waals surface area contributed by atoms with Crippen LogP contribution in [0.3, 0.4) is 0 Å². The highest BCUT2D eigenvalue weighted by Crippen LogP contribution is 2.31. The van der Waals surface area contributed by atoms with E-state index < -0.39 is 0 Å². The summed E-state index contributed by atoms with van der Waals surface area (Å²) in [4.78, 5) is 33.8. The van der Waals surface area contributed by atoms with E-state index in [1.54, 1.807) is 18.6 Å². The summed E-state index contributed by atoms with van der Waals surface area (Å²) in [5.41, 5.74) is 7.29. The molecule has 188 valence electrons. The van der Waals surface area contributed by atoms with Gasteiger partial charge >= 0.3 is 0 Å². The van der Waals surface area contributed by atoms with E-state index in [2.05, 4.69) is 30.5 Å². The second-order valence-electron chi connectivity index (χ2n) is 9.43. The lowest BCUT2D eigenvalue weighted by molar-refractivity contribution is -0.118. The maximum Gasteiger partial charge on any atom is 0.226 e. The Balaban J connectivity index is 1.42. The van der Waals surface area contributed by atoms with E-state index in [1.807, 2.05) is 51.1 Å². The quantitative estimate of drug-likeness (QED) is 0.277. The van der Waals surface area contributed by atoms with Gasteiger partial charge in [0.2, 0.25) is 5.91 Å². The van der Waals surface area contributed by atoms with Crippen LogP contribution in [-0.2, 0) is 4.79 Å². The number of aromatic amines is 2. The van der Waals surface area contributed by atoms with Crippen LogP contribution >= 0.6 is 0 Å². The van der Waals surface area contributed by atoms with E-state index in [0.717, 1.165) is 22.2 Å². The van der Waals surface area contributed by atoms with E-state index in [4.69, 9.17) is 9.97 Å².